The summed E-state index contributed by atoms with van der Waals surface area (Å²) in [5.41, 5.74) is 5.50. The molecule has 0 radical (unpaired) electrons. The molecule has 4 aromatic rings. The number of amides is 1. The van der Waals surface area contributed by atoms with E-state index in [0.717, 1.165) is 38.0 Å². The van der Waals surface area contributed by atoms with E-state index in [0.29, 0.717) is 5.56 Å². The number of pyridine rings is 1. The number of hydrogen-bond donors (Lipinski definition) is 1. The summed E-state index contributed by atoms with van der Waals surface area (Å²) in [6.07, 6.45) is 3.76. The summed E-state index contributed by atoms with van der Waals surface area (Å²) in [4.78, 5) is 20.1. The lowest BCUT2D eigenvalue weighted by Gasteiger charge is -2.44. The first-order valence-corrected chi connectivity index (χ1v) is 13.1. The van der Waals surface area contributed by atoms with Gasteiger partial charge in [-0.15, -0.1) is 0 Å². The molecule has 6 heteroatoms. The maximum Gasteiger partial charge on any atom is 0.252 e. The molecule has 1 saturated heterocycles. The Balaban J connectivity index is 1.25. The van der Waals surface area contributed by atoms with Crippen molar-refractivity contribution in [3.05, 3.63) is 99.9 Å². The van der Waals surface area contributed by atoms with Gasteiger partial charge in [-0.1, -0.05) is 42.5 Å². The second-order valence-electron chi connectivity index (χ2n) is 9.63. The first kappa shape index (κ1) is 22.4. The molecule has 1 spiro atoms. The summed E-state index contributed by atoms with van der Waals surface area (Å²) in [5, 5.41) is 8.37. The van der Waals surface area contributed by atoms with Crippen molar-refractivity contribution in [2.24, 2.45) is 0 Å². The molecule has 2 aliphatic rings. The van der Waals surface area contributed by atoms with Gasteiger partial charge in [0.2, 0.25) is 0 Å². The van der Waals surface area contributed by atoms with Crippen LogP contribution in [0, 0.1) is 0 Å². The average molecular weight is 484 g/mol. The average Bonchev–Trinajstić information content (AvgIpc) is 3.52. The largest absolute Gasteiger partial charge is 0.378 e. The van der Waals surface area contributed by atoms with Crippen molar-refractivity contribution >= 4 is 28.1 Å². The van der Waals surface area contributed by atoms with Crippen LogP contribution in [0.2, 0.25) is 0 Å². The van der Waals surface area contributed by atoms with Gasteiger partial charge < -0.3 is 10.1 Å². The van der Waals surface area contributed by atoms with Gasteiger partial charge in [0.15, 0.2) is 0 Å². The van der Waals surface area contributed by atoms with Crippen LogP contribution in [0.25, 0.3) is 10.9 Å². The van der Waals surface area contributed by atoms with E-state index >= 15 is 0 Å². The Labute approximate surface area is 209 Å². The van der Waals surface area contributed by atoms with Crippen molar-refractivity contribution in [3.63, 3.8) is 0 Å². The van der Waals surface area contributed by atoms with E-state index in [1.165, 1.54) is 33.4 Å². The number of hydrogen-bond acceptors (Lipinski definition) is 5. The molecule has 1 N–H and O–H groups in total. The highest BCUT2D eigenvalue weighted by Gasteiger charge is 2.54. The molecule has 2 aromatic carbocycles. The van der Waals surface area contributed by atoms with Crippen LogP contribution in [0.1, 0.15) is 45.9 Å². The van der Waals surface area contributed by atoms with Gasteiger partial charge in [-0.2, -0.15) is 11.3 Å². The van der Waals surface area contributed by atoms with Crippen LogP contribution in [0.5, 0.6) is 0 Å². The van der Waals surface area contributed by atoms with E-state index in [4.69, 9.17) is 4.74 Å². The highest BCUT2D eigenvalue weighted by molar-refractivity contribution is 7.08. The number of carbonyl (C=O) groups is 1. The smallest absolute Gasteiger partial charge is 0.252 e. The molecule has 2 atom stereocenters. The Hall–Kier alpha value is -3.06. The second kappa shape index (κ2) is 9.19. The molecule has 1 fully saturated rings. The Kier molecular flexibility index (Phi) is 5.88. The summed E-state index contributed by atoms with van der Waals surface area (Å²) in [5.74, 6) is -0.0350. The normalized spacial score (nSPS) is 21.3. The number of likely N-dealkylation sites (tertiary alicyclic amines) is 1. The fourth-order valence-corrected chi connectivity index (χ4v) is 6.84. The molecule has 1 aliphatic heterocycles. The van der Waals surface area contributed by atoms with E-state index in [-0.39, 0.29) is 23.5 Å². The van der Waals surface area contributed by atoms with Crippen molar-refractivity contribution in [3.8, 4) is 0 Å². The molecule has 178 valence electrons. The Morgan fingerprint density at radius 2 is 1.97 bits per heavy atom. The summed E-state index contributed by atoms with van der Waals surface area (Å²) in [7, 11) is 1.79. The zero-order chi connectivity index (χ0) is 23.8. The minimum absolute atomic E-state index is 0.0350. The van der Waals surface area contributed by atoms with E-state index in [1.807, 2.05) is 29.1 Å². The molecule has 2 aromatic heterocycles. The minimum atomic E-state index is -0.153. The van der Waals surface area contributed by atoms with Gasteiger partial charge in [0.1, 0.15) is 0 Å². The third kappa shape index (κ3) is 3.86. The van der Waals surface area contributed by atoms with Crippen molar-refractivity contribution in [1.29, 1.82) is 0 Å². The lowest BCUT2D eigenvalue weighted by Crippen LogP contribution is -2.50. The zero-order valence-electron chi connectivity index (χ0n) is 19.8. The Morgan fingerprint density at radius 1 is 1.11 bits per heavy atom. The lowest BCUT2D eigenvalue weighted by atomic mass is 9.71. The Morgan fingerprint density at radius 3 is 2.77 bits per heavy atom. The fourth-order valence-electron chi connectivity index (χ4n) is 6.20. The first-order valence-electron chi connectivity index (χ1n) is 12.2. The number of benzene rings is 2. The number of methoxy groups -OCH3 is 1. The molecule has 0 saturated carbocycles. The van der Waals surface area contributed by atoms with E-state index in [1.54, 1.807) is 7.11 Å². The van der Waals surface area contributed by atoms with E-state index in [2.05, 4.69) is 63.7 Å². The van der Waals surface area contributed by atoms with Gasteiger partial charge in [-0.3, -0.25) is 14.7 Å². The van der Waals surface area contributed by atoms with Crippen LogP contribution in [0.15, 0.2) is 77.6 Å². The first-order chi connectivity index (χ1) is 17.2. The summed E-state index contributed by atoms with van der Waals surface area (Å²) in [6.45, 7) is 2.88. The number of fused-ring (bicyclic) bond motifs is 3. The van der Waals surface area contributed by atoms with Crippen LogP contribution in [-0.2, 0) is 16.7 Å². The number of ether oxygens (including phenoxy) is 1. The van der Waals surface area contributed by atoms with Gasteiger partial charge >= 0.3 is 0 Å². The quantitative estimate of drug-likeness (QED) is 0.417. The van der Waals surface area contributed by atoms with Crippen LogP contribution >= 0.6 is 11.3 Å². The summed E-state index contributed by atoms with van der Waals surface area (Å²) < 4.78 is 6.19. The third-order valence-electron chi connectivity index (χ3n) is 7.88. The molecule has 6 rings (SSSR count). The number of nitrogens with zero attached hydrogens (tertiary/aromatic N) is 2. The number of thiophene rings is 1. The topological polar surface area (TPSA) is 54.5 Å². The number of carbonyl (C=O) groups excluding carboxylic acids is 1. The third-order valence-corrected chi connectivity index (χ3v) is 8.56. The molecule has 3 heterocycles. The molecule has 0 unspecified atom stereocenters. The molecule has 0 bridgehead atoms. The minimum Gasteiger partial charge on any atom is -0.378 e. The van der Waals surface area contributed by atoms with Gasteiger partial charge in [0.25, 0.3) is 5.91 Å². The predicted molar refractivity (Wildman–Crippen MR) is 140 cm³/mol. The Bertz CT molecular complexity index is 1340. The van der Waals surface area contributed by atoms with Crippen molar-refractivity contribution in [2.75, 3.05) is 20.2 Å². The molecular formula is C29H29N3O2S. The molecule has 1 amide bonds. The highest BCUT2D eigenvalue weighted by Crippen LogP contribution is 2.52. The van der Waals surface area contributed by atoms with Crippen molar-refractivity contribution in [2.45, 2.75) is 36.9 Å². The number of rotatable bonds is 5. The molecular weight excluding hydrogens is 454 g/mol. The van der Waals surface area contributed by atoms with Crippen LogP contribution in [-0.4, -0.2) is 42.1 Å². The zero-order valence-corrected chi connectivity index (χ0v) is 20.6. The predicted octanol–water partition coefficient (Wildman–Crippen LogP) is 5.33. The fraction of sp³-hybridized carbons (Fsp3) is 0.310. The van der Waals surface area contributed by atoms with Gasteiger partial charge in [0, 0.05) is 36.0 Å². The van der Waals surface area contributed by atoms with E-state index in [9.17, 15) is 4.79 Å². The summed E-state index contributed by atoms with van der Waals surface area (Å²) >= 11 is 1.54. The maximum absolute atomic E-state index is 13.0. The molecule has 1 aliphatic carbocycles. The number of nitrogens with one attached hydrogen (secondary N) is 1. The molecule has 35 heavy (non-hydrogen) atoms. The van der Waals surface area contributed by atoms with Crippen molar-refractivity contribution < 1.29 is 9.53 Å². The highest BCUT2D eigenvalue weighted by atomic mass is 32.1. The van der Waals surface area contributed by atoms with Crippen LogP contribution < -0.4 is 5.32 Å². The van der Waals surface area contributed by atoms with Crippen LogP contribution in [0.4, 0.5) is 0 Å². The van der Waals surface area contributed by atoms with Gasteiger partial charge in [-0.25, -0.2) is 0 Å². The lowest BCUT2D eigenvalue weighted by molar-refractivity contribution is -0.0121. The van der Waals surface area contributed by atoms with Gasteiger partial charge in [-0.05, 0) is 66.2 Å². The SMILES string of the molecule is CO[C@H]1[C@H](NC(=O)c2ccsc2)c2ccccc2C12CCN(Cc1cccc3ncccc13)CC2. The number of aromatic nitrogens is 1. The number of piperidine rings is 1. The standard InChI is InChI=1S/C29H29N3O2S/c1-34-27-26(31-28(33)21-11-17-35-19-21)23-7-2-3-9-24(23)29(27)12-15-32(16-13-29)18-20-6-4-10-25-22(20)8-5-14-30-25/h2-11,14,17,19,26-27H,12-13,15-16,18H2,1H3,(H,31,33)/t26-,27+/m1/s1. The molecule has 5 nitrogen and oxygen atoms in total. The second-order valence-corrected chi connectivity index (χ2v) is 10.4. The maximum atomic E-state index is 13.0. The monoisotopic (exact) mass is 483 g/mol. The van der Waals surface area contributed by atoms with Crippen LogP contribution in [0.3, 0.4) is 0 Å². The van der Waals surface area contributed by atoms with Gasteiger partial charge in [0.05, 0.1) is 23.2 Å². The van der Waals surface area contributed by atoms with Crippen molar-refractivity contribution in [1.82, 2.24) is 15.2 Å². The summed E-state index contributed by atoms with van der Waals surface area (Å²) in [6, 6.07) is 20.9. The van der Waals surface area contributed by atoms with E-state index < -0.39 is 0 Å².